The van der Waals surface area contributed by atoms with E-state index in [1.165, 1.54) is 19.3 Å². The van der Waals surface area contributed by atoms with E-state index in [-0.39, 0.29) is 5.91 Å². The van der Waals surface area contributed by atoms with Crippen molar-refractivity contribution in [1.82, 2.24) is 9.80 Å². The lowest BCUT2D eigenvalue weighted by molar-refractivity contribution is 0.0696. The van der Waals surface area contributed by atoms with Crippen LogP contribution >= 0.6 is 0 Å². The highest BCUT2D eigenvalue weighted by Gasteiger charge is 2.24. The fourth-order valence-corrected chi connectivity index (χ4v) is 5.28. The molecule has 3 aromatic rings. The van der Waals surface area contributed by atoms with Gasteiger partial charge in [0.05, 0.1) is 12.8 Å². The van der Waals surface area contributed by atoms with Crippen molar-refractivity contribution in [3.05, 3.63) is 83.4 Å². The van der Waals surface area contributed by atoms with E-state index in [2.05, 4.69) is 28.1 Å². The first kappa shape index (κ1) is 23.9. The van der Waals surface area contributed by atoms with Gasteiger partial charge >= 0.3 is 0 Å². The number of guanidine groups is 1. The van der Waals surface area contributed by atoms with E-state index >= 15 is 0 Å². The van der Waals surface area contributed by atoms with Gasteiger partial charge in [-0.1, -0.05) is 49.6 Å². The Morgan fingerprint density at radius 3 is 2.61 bits per heavy atom. The molecule has 0 spiro atoms. The predicted molar refractivity (Wildman–Crippen MR) is 144 cm³/mol. The Morgan fingerprint density at radius 1 is 1.03 bits per heavy atom. The zero-order valence-electron chi connectivity index (χ0n) is 21.1. The van der Waals surface area contributed by atoms with Gasteiger partial charge in [0.2, 0.25) is 0 Å². The number of carbonyl (C=O) groups is 1. The molecule has 2 N–H and O–H groups in total. The summed E-state index contributed by atoms with van der Waals surface area (Å²) in [6.07, 6.45) is 5.88. The molecule has 0 saturated heterocycles. The van der Waals surface area contributed by atoms with E-state index in [9.17, 15) is 4.79 Å². The number of amides is 1. The lowest BCUT2D eigenvalue weighted by Gasteiger charge is -2.31. The molecular formula is C30H34N4O2. The number of nitrogens with zero attached hydrogens (tertiary/aromatic N) is 3. The molecule has 2 aliphatic rings. The SMILES string of the molecule is COc1cccc(-c2ccc3c(c2)CN(Cc2cccc(C(=O)N(C)C4CCCCC4)c2)C(N)=N3)c1. The maximum atomic E-state index is 13.2. The second kappa shape index (κ2) is 10.4. The lowest BCUT2D eigenvalue weighted by Crippen LogP contribution is -2.39. The van der Waals surface area contributed by atoms with Gasteiger partial charge in [0.25, 0.3) is 5.91 Å². The number of benzene rings is 3. The molecule has 1 saturated carbocycles. The van der Waals surface area contributed by atoms with Crippen LogP contribution in [0.3, 0.4) is 0 Å². The van der Waals surface area contributed by atoms with Gasteiger partial charge in [0, 0.05) is 31.7 Å². The van der Waals surface area contributed by atoms with Crippen molar-refractivity contribution in [2.45, 2.75) is 51.2 Å². The molecule has 5 rings (SSSR count). The summed E-state index contributed by atoms with van der Waals surface area (Å²) in [6, 6.07) is 22.6. The first-order valence-electron chi connectivity index (χ1n) is 12.7. The number of rotatable bonds is 6. The van der Waals surface area contributed by atoms with Crippen molar-refractivity contribution in [3.8, 4) is 16.9 Å². The normalized spacial score (nSPS) is 15.7. The third-order valence-electron chi connectivity index (χ3n) is 7.39. The molecule has 1 amide bonds. The number of hydrogen-bond donors (Lipinski definition) is 1. The van der Waals surface area contributed by atoms with E-state index in [4.69, 9.17) is 10.5 Å². The topological polar surface area (TPSA) is 71.2 Å². The number of methoxy groups -OCH3 is 1. The van der Waals surface area contributed by atoms with Crippen LogP contribution in [0.15, 0.2) is 71.7 Å². The highest BCUT2D eigenvalue weighted by molar-refractivity contribution is 5.94. The second-order valence-corrected chi connectivity index (χ2v) is 9.81. The molecule has 1 heterocycles. The van der Waals surface area contributed by atoms with Crippen LogP contribution in [-0.2, 0) is 13.1 Å². The smallest absolute Gasteiger partial charge is 0.253 e. The molecule has 0 bridgehead atoms. The third kappa shape index (κ3) is 5.08. The quantitative estimate of drug-likeness (QED) is 0.487. The number of hydrogen-bond acceptors (Lipinski definition) is 5. The van der Waals surface area contributed by atoms with Crippen LogP contribution in [0.25, 0.3) is 11.1 Å². The minimum atomic E-state index is 0.0947. The van der Waals surface area contributed by atoms with Crippen molar-refractivity contribution in [2.24, 2.45) is 10.7 Å². The second-order valence-electron chi connectivity index (χ2n) is 9.81. The number of aliphatic imine (C=N–C) groups is 1. The molecule has 3 aromatic carbocycles. The van der Waals surface area contributed by atoms with Crippen molar-refractivity contribution in [2.75, 3.05) is 14.2 Å². The molecule has 0 unspecified atom stereocenters. The van der Waals surface area contributed by atoms with Gasteiger partial charge in [-0.05, 0) is 71.5 Å². The van der Waals surface area contributed by atoms with E-state index in [0.717, 1.165) is 52.1 Å². The van der Waals surface area contributed by atoms with Gasteiger partial charge in [-0.15, -0.1) is 0 Å². The van der Waals surface area contributed by atoms with Crippen LogP contribution in [0.4, 0.5) is 5.69 Å². The first-order chi connectivity index (χ1) is 17.5. The van der Waals surface area contributed by atoms with Gasteiger partial charge in [-0.25, -0.2) is 4.99 Å². The van der Waals surface area contributed by atoms with Crippen molar-refractivity contribution >= 4 is 17.6 Å². The maximum Gasteiger partial charge on any atom is 0.253 e. The summed E-state index contributed by atoms with van der Waals surface area (Å²) in [6.45, 7) is 1.25. The van der Waals surface area contributed by atoms with Crippen LogP contribution in [0, 0.1) is 0 Å². The summed E-state index contributed by atoms with van der Waals surface area (Å²) in [5.74, 6) is 1.42. The number of fused-ring (bicyclic) bond motifs is 1. The Hall–Kier alpha value is -3.80. The minimum absolute atomic E-state index is 0.0947. The molecule has 186 valence electrons. The Labute approximate surface area is 213 Å². The minimum Gasteiger partial charge on any atom is -0.497 e. The molecular weight excluding hydrogens is 448 g/mol. The van der Waals surface area contributed by atoms with Crippen LogP contribution in [0.1, 0.15) is 53.6 Å². The molecule has 0 atom stereocenters. The average Bonchev–Trinajstić information content (AvgIpc) is 2.93. The van der Waals surface area contributed by atoms with Crippen molar-refractivity contribution < 1.29 is 9.53 Å². The Bertz CT molecular complexity index is 1280. The van der Waals surface area contributed by atoms with E-state index in [1.807, 2.05) is 60.5 Å². The predicted octanol–water partition coefficient (Wildman–Crippen LogP) is 5.73. The molecule has 36 heavy (non-hydrogen) atoms. The van der Waals surface area contributed by atoms with E-state index in [1.54, 1.807) is 7.11 Å². The summed E-state index contributed by atoms with van der Waals surface area (Å²) < 4.78 is 5.39. The Kier molecular flexibility index (Phi) is 6.94. The Balaban J connectivity index is 1.32. The fourth-order valence-electron chi connectivity index (χ4n) is 5.28. The number of nitrogens with two attached hydrogens (primary N) is 1. The first-order valence-corrected chi connectivity index (χ1v) is 12.7. The summed E-state index contributed by atoms with van der Waals surface area (Å²) in [7, 11) is 3.62. The zero-order chi connectivity index (χ0) is 25.1. The molecule has 1 aliphatic heterocycles. The summed E-state index contributed by atoms with van der Waals surface area (Å²) in [5.41, 5.74) is 12.4. The molecule has 0 aromatic heterocycles. The molecule has 1 fully saturated rings. The van der Waals surface area contributed by atoms with Gasteiger partial charge in [-0.3, -0.25) is 4.79 Å². The van der Waals surface area contributed by atoms with Crippen LogP contribution in [0.5, 0.6) is 5.75 Å². The summed E-state index contributed by atoms with van der Waals surface area (Å²) in [4.78, 5) is 21.8. The highest BCUT2D eigenvalue weighted by atomic mass is 16.5. The molecule has 6 nitrogen and oxygen atoms in total. The lowest BCUT2D eigenvalue weighted by atomic mass is 9.94. The molecule has 0 radical (unpaired) electrons. The molecule has 6 heteroatoms. The van der Waals surface area contributed by atoms with Crippen LogP contribution in [-0.4, -0.2) is 41.9 Å². The third-order valence-corrected chi connectivity index (χ3v) is 7.39. The van der Waals surface area contributed by atoms with E-state index < -0.39 is 0 Å². The fraction of sp³-hybridized carbons (Fsp3) is 0.333. The van der Waals surface area contributed by atoms with Crippen molar-refractivity contribution in [1.29, 1.82) is 0 Å². The summed E-state index contributed by atoms with van der Waals surface area (Å²) in [5, 5.41) is 0. The monoisotopic (exact) mass is 482 g/mol. The average molecular weight is 483 g/mol. The van der Waals surface area contributed by atoms with Gasteiger partial charge in [0.1, 0.15) is 5.75 Å². The van der Waals surface area contributed by atoms with Gasteiger partial charge < -0.3 is 20.3 Å². The van der Waals surface area contributed by atoms with E-state index in [0.29, 0.717) is 25.1 Å². The highest BCUT2D eigenvalue weighted by Crippen LogP contribution is 2.32. The largest absolute Gasteiger partial charge is 0.497 e. The number of ether oxygens (including phenoxy) is 1. The van der Waals surface area contributed by atoms with Gasteiger partial charge in [0.15, 0.2) is 5.96 Å². The van der Waals surface area contributed by atoms with Crippen LogP contribution < -0.4 is 10.5 Å². The van der Waals surface area contributed by atoms with Crippen molar-refractivity contribution in [3.63, 3.8) is 0 Å². The van der Waals surface area contributed by atoms with Gasteiger partial charge in [-0.2, -0.15) is 0 Å². The van der Waals surface area contributed by atoms with Crippen LogP contribution in [0.2, 0.25) is 0 Å². The zero-order valence-corrected chi connectivity index (χ0v) is 21.1. The maximum absolute atomic E-state index is 13.2. The molecule has 1 aliphatic carbocycles. The number of carbonyl (C=O) groups excluding carboxylic acids is 1. The standard InChI is InChI=1S/C30H34N4O2/c1-33(26-11-4-3-5-12-26)29(35)24-10-6-8-21(16-24)19-34-20-25-17-23(14-15-28(25)32-30(34)31)22-9-7-13-27(18-22)36-2/h6-10,13-18,26H,3-5,11-12,19-20H2,1-2H3,(H2,31,32). The summed E-state index contributed by atoms with van der Waals surface area (Å²) >= 11 is 0. The Morgan fingerprint density at radius 2 is 1.81 bits per heavy atom.